The lowest BCUT2D eigenvalue weighted by atomic mass is 10.2. The van der Waals surface area contributed by atoms with E-state index in [-0.39, 0.29) is 4.90 Å². The fourth-order valence-electron chi connectivity index (χ4n) is 2.79. The molecule has 4 nitrogen and oxygen atoms in total. The molecule has 0 unspecified atom stereocenters. The lowest BCUT2D eigenvalue weighted by Gasteiger charge is -2.10. The van der Waals surface area contributed by atoms with Crippen molar-refractivity contribution in [1.29, 1.82) is 0 Å². The average molecular weight is 407 g/mol. The van der Waals surface area contributed by atoms with Gasteiger partial charge in [0.15, 0.2) is 9.84 Å². The van der Waals surface area contributed by atoms with Crippen LogP contribution in [0, 0.1) is 0 Å². The number of fused-ring (bicyclic) bond motifs is 1. The van der Waals surface area contributed by atoms with Gasteiger partial charge in [0.2, 0.25) is 0 Å². The second-order valence-corrected chi connectivity index (χ2v) is 8.89. The largest absolute Gasteiger partial charge is 0.325 e. The summed E-state index contributed by atoms with van der Waals surface area (Å²) >= 11 is 3.45. The molecule has 0 amide bonds. The van der Waals surface area contributed by atoms with Gasteiger partial charge in [-0.25, -0.2) is 13.4 Å². The molecule has 3 rings (SSSR count). The van der Waals surface area contributed by atoms with Crippen molar-refractivity contribution in [2.45, 2.75) is 31.2 Å². The van der Waals surface area contributed by atoms with Gasteiger partial charge in [-0.3, -0.25) is 0 Å². The van der Waals surface area contributed by atoms with Gasteiger partial charge < -0.3 is 4.57 Å². The summed E-state index contributed by atoms with van der Waals surface area (Å²) in [6, 6.07) is 12.0. The molecule has 0 saturated carbocycles. The van der Waals surface area contributed by atoms with Crippen LogP contribution in [-0.4, -0.2) is 24.2 Å². The second-order valence-electron chi connectivity index (χ2n) is 5.95. The molecule has 126 valence electrons. The fraction of sp³-hybridized carbons (Fsp3) is 0.278. The van der Waals surface area contributed by atoms with Crippen molar-refractivity contribution in [2.24, 2.45) is 0 Å². The van der Waals surface area contributed by atoms with Crippen LogP contribution in [-0.2, 0) is 22.8 Å². The molecular formula is C18H19BrN2O2S. The van der Waals surface area contributed by atoms with Gasteiger partial charge in [-0.2, -0.15) is 0 Å². The molecule has 3 aromatic rings. The first-order valence-corrected chi connectivity index (χ1v) is 10.5. The molecule has 0 saturated heterocycles. The van der Waals surface area contributed by atoms with Crippen molar-refractivity contribution in [2.75, 3.05) is 6.26 Å². The van der Waals surface area contributed by atoms with E-state index in [9.17, 15) is 8.42 Å². The summed E-state index contributed by atoms with van der Waals surface area (Å²) in [4.78, 5) is 4.70. The van der Waals surface area contributed by atoms with Gasteiger partial charge >= 0.3 is 0 Å². The molecule has 6 heteroatoms. The Bertz CT molecular complexity index is 976. The summed E-state index contributed by atoms with van der Waals surface area (Å²) in [5.74, 6) is 0. The predicted molar refractivity (Wildman–Crippen MR) is 100 cm³/mol. The van der Waals surface area contributed by atoms with Gasteiger partial charge in [0.05, 0.1) is 4.90 Å². The second kappa shape index (κ2) is 6.69. The molecule has 24 heavy (non-hydrogen) atoms. The number of pyridine rings is 1. The van der Waals surface area contributed by atoms with E-state index in [0.29, 0.717) is 0 Å². The van der Waals surface area contributed by atoms with Crippen molar-refractivity contribution < 1.29 is 8.42 Å². The Morgan fingerprint density at radius 2 is 1.88 bits per heavy atom. The third-order valence-corrected chi connectivity index (χ3v) is 5.59. The number of halogens is 1. The molecule has 0 radical (unpaired) electrons. The first-order chi connectivity index (χ1) is 11.4. The zero-order chi connectivity index (χ0) is 17.3. The van der Waals surface area contributed by atoms with E-state index in [1.54, 1.807) is 6.07 Å². The van der Waals surface area contributed by atoms with Crippen LogP contribution in [0.2, 0.25) is 0 Å². The lowest BCUT2D eigenvalue weighted by Crippen LogP contribution is -2.05. The quantitative estimate of drug-likeness (QED) is 0.637. The number of hydrogen-bond acceptors (Lipinski definition) is 3. The van der Waals surface area contributed by atoms with Gasteiger partial charge in [-0.05, 0) is 36.2 Å². The number of rotatable bonds is 5. The Morgan fingerprint density at radius 3 is 2.50 bits per heavy atom. The van der Waals surface area contributed by atoms with Gasteiger partial charge in [0.1, 0.15) is 5.65 Å². The Labute approximate surface area is 150 Å². The van der Waals surface area contributed by atoms with Crippen molar-refractivity contribution in [1.82, 2.24) is 9.55 Å². The summed E-state index contributed by atoms with van der Waals surface area (Å²) in [5.41, 5.74) is 3.18. The summed E-state index contributed by atoms with van der Waals surface area (Å²) < 4.78 is 26.8. The number of sulfone groups is 1. The van der Waals surface area contributed by atoms with Crippen LogP contribution in [0.25, 0.3) is 11.0 Å². The summed E-state index contributed by atoms with van der Waals surface area (Å²) in [7, 11) is -3.25. The summed E-state index contributed by atoms with van der Waals surface area (Å²) in [6.07, 6.45) is 4.61. The molecular weight excluding hydrogens is 388 g/mol. The van der Waals surface area contributed by atoms with Crippen molar-refractivity contribution in [3.63, 3.8) is 0 Å². The minimum absolute atomic E-state index is 0.263. The number of aryl methyl sites for hydroxylation is 1. The smallest absolute Gasteiger partial charge is 0.177 e. The van der Waals surface area contributed by atoms with Gasteiger partial charge in [-0.1, -0.05) is 41.4 Å². The number of hydrogen-bond donors (Lipinski definition) is 0. The molecule has 0 aliphatic rings. The molecule has 0 N–H and O–H groups in total. The molecule has 0 aliphatic carbocycles. The van der Waals surface area contributed by atoms with Gasteiger partial charge in [-0.15, -0.1) is 0 Å². The van der Waals surface area contributed by atoms with Gasteiger partial charge in [0.25, 0.3) is 0 Å². The van der Waals surface area contributed by atoms with Crippen LogP contribution in [0.5, 0.6) is 0 Å². The third-order valence-electron chi connectivity index (χ3n) is 3.98. The lowest BCUT2D eigenvalue weighted by molar-refractivity contribution is 0.601. The van der Waals surface area contributed by atoms with E-state index < -0.39 is 9.84 Å². The van der Waals surface area contributed by atoms with E-state index in [1.807, 2.05) is 12.1 Å². The maximum atomic E-state index is 11.8. The number of benzene rings is 1. The van der Waals surface area contributed by atoms with Crippen LogP contribution in [0.1, 0.15) is 24.6 Å². The van der Waals surface area contributed by atoms with E-state index >= 15 is 0 Å². The van der Waals surface area contributed by atoms with Crippen LogP contribution in [0.4, 0.5) is 0 Å². The van der Waals surface area contributed by atoms with Crippen molar-refractivity contribution >= 4 is 36.8 Å². The monoisotopic (exact) mass is 406 g/mol. The van der Waals surface area contributed by atoms with Crippen molar-refractivity contribution in [3.05, 3.63) is 58.3 Å². The molecule has 0 spiro atoms. The van der Waals surface area contributed by atoms with E-state index in [2.05, 4.69) is 50.6 Å². The molecule has 2 heterocycles. The maximum absolute atomic E-state index is 11.8. The van der Waals surface area contributed by atoms with Crippen molar-refractivity contribution in [3.8, 4) is 0 Å². The number of aromatic nitrogens is 2. The first-order valence-electron chi connectivity index (χ1n) is 7.81. The van der Waals surface area contributed by atoms with Crippen LogP contribution < -0.4 is 0 Å². The molecule has 1 aromatic carbocycles. The normalized spacial score (nSPS) is 12.0. The van der Waals surface area contributed by atoms with E-state index in [1.165, 1.54) is 23.7 Å². The predicted octanol–water partition coefficient (Wildman–Crippen LogP) is 4.20. The third kappa shape index (κ3) is 3.54. The molecule has 2 aromatic heterocycles. The highest BCUT2D eigenvalue weighted by Crippen LogP contribution is 2.24. The first kappa shape index (κ1) is 17.2. The minimum Gasteiger partial charge on any atom is -0.325 e. The Hall–Kier alpha value is -1.66. The Balaban J connectivity index is 2.10. The molecule has 0 fully saturated rings. The van der Waals surface area contributed by atoms with Gasteiger partial charge in [0, 0.05) is 34.6 Å². The molecule has 0 bridgehead atoms. The zero-order valence-electron chi connectivity index (χ0n) is 13.7. The summed E-state index contributed by atoms with van der Waals surface area (Å²) in [6.45, 7) is 2.86. The van der Waals surface area contributed by atoms with Crippen LogP contribution in [0.3, 0.4) is 0 Å². The number of nitrogens with zero attached hydrogens (tertiary/aromatic N) is 2. The van der Waals surface area contributed by atoms with Crippen LogP contribution in [0.15, 0.2) is 52.0 Å². The average Bonchev–Trinajstić information content (AvgIpc) is 2.86. The van der Waals surface area contributed by atoms with Crippen LogP contribution >= 0.6 is 15.9 Å². The highest BCUT2D eigenvalue weighted by Gasteiger charge is 2.14. The molecule has 0 atom stereocenters. The zero-order valence-corrected chi connectivity index (χ0v) is 16.1. The Morgan fingerprint density at radius 1 is 1.17 bits per heavy atom. The van der Waals surface area contributed by atoms with E-state index in [4.69, 9.17) is 0 Å². The Kier molecular flexibility index (Phi) is 4.78. The maximum Gasteiger partial charge on any atom is 0.177 e. The standard InChI is InChI=1S/C18H19BrN2O2S/c1-3-4-16-9-14-10-17(24(2,22)23)11-20-18(14)21(16)12-13-5-7-15(19)8-6-13/h5-11H,3-4,12H2,1-2H3. The minimum atomic E-state index is -3.25. The highest BCUT2D eigenvalue weighted by atomic mass is 79.9. The molecule has 0 aliphatic heterocycles. The fourth-order valence-corrected chi connectivity index (χ4v) is 3.64. The SMILES string of the molecule is CCCc1cc2cc(S(C)(=O)=O)cnc2n1Cc1ccc(Br)cc1. The summed E-state index contributed by atoms with van der Waals surface area (Å²) in [5, 5.41) is 0.874. The topological polar surface area (TPSA) is 52.0 Å². The highest BCUT2D eigenvalue weighted by molar-refractivity contribution is 9.10. The van der Waals surface area contributed by atoms with E-state index in [0.717, 1.165) is 34.9 Å².